The number of hydrogen-bond acceptors (Lipinski definition) is 5. The summed E-state index contributed by atoms with van der Waals surface area (Å²) >= 11 is 0. The van der Waals surface area contributed by atoms with Crippen molar-refractivity contribution in [3.8, 4) is 0 Å². The summed E-state index contributed by atoms with van der Waals surface area (Å²) in [5.41, 5.74) is 8.67. The molecule has 160 valence electrons. The summed E-state index contributed by atoms with van der Waals surface area (Å²) in [6.45, 7) is 0.658. The molecule has 1 unspecified atom stereocenters. The van der Waals surface area contributed by atoms with Gasteiger partial charge in [-0.25, -0.2) is 0 Å². The third-order valence-corrected chi connectivity index (χ3v) is 4.63. The van der Waals surface area contributed by atoms with Gasteiger partial charge in [0.2, 0.25) is 11.8 Å². The molecule has 9 nitrogen and oxygen atoms in total. The lowest BCUT2D eigenvalue weighted by molar-refractivity contribution is -0.127. The number of carbonyl (C=O) groups is 2. The summed E-state index contributed by atoms with van der Waals surface area (Å²) in [4.78, 5) is 31.8. The summed E-state index contributed by atoms with van der Waals surface area (Å²) in [6, 6.07) is 13.8. The van der Waals surface area contributed by atoms with Gasteiger partial charge in [0.25, 0.3) is 0 Å². The first kappa shape index (κ1) is 21.7. The fourth-order valence-corrected chi connectivity index (χ4v) is 2.92. The van der Waals surface area contributed by atoms with Crippen molar-refractivity contribution in [2.45, 2.75) is 19.1 Å². The Hall–Kier alpha value is -3.98. The Morgan fingerprint density at radius 2 is 1.71 bits per heavy atom. The smallest absolute Gasteiger partial charge is 0.243 e. The first-order chi connectivity index (χ1) is 15.0. The van der Waals surface area contributed by atoms with E-state index in [1.165, 1.54) is 0 Å². The van der Waals surface area contributed by atoms with Crippen LogP contribution in [0.5, 0.6) is 0 Å². The van der Waals surface area contributed by atoms with Crippen LogP contribution in [0.4, 0.5) is 0 Å². The second-order valence-electron chi connectivity index (χ2n) is 6.90. The van der Waals surface area contributed by atoms with Crippen LogP contribution in [0.2, 0.25) is 0 Å². The van der Waals surface area contributed by atoms with Crippen molar-refractivity contribution in [3.05, 3.63) is 89.5 Å². The topological polar surface area (TPSA) is 149 Å². The summed E-state index contributed by atoms with van der Waals surface area (Å²) in [5.74, 6) is -0.595. The zero-order valence-corrected chi connectivity index (χ0v) is 16.9. The minimum atomic E-state index is -0.657. The molecule has 2 aromatic heterocycles. The molecule has 1 aromatic carbocycles. The lowest BCUT2D eigenvalue weighted by Crippen LogP contribution is -2.42. The van der Waals surface area contributed by atoms with Gasteiger partial charge in [0.1, 0.15) is 11.9 Å². The third-order valence-electron chi connectivity index (χ3n) is 4.63. The van der Waals surface area contributed by atoms with Crippen molar-refractivity contribution in [2.75, 3.05) is 6.54 Å². The first-order valence-corrected chi connectivity index (χ1v) is 9.76. The fourth-order valence-electron chi connectivity index (χ4n) is 2.92. The van der Waals surface area contributed by atoms with Crippen molar-refractivity contribution >= 4 is 17.6 Å². The quantitative estimate of drug-likeness (QED) is 0.214. The van der Waals surface area contributed by atoms with Crippen LogP contribution in [0.1, 0.15) is 28.4 Å². The highest BCUT2D eigenvalue weighted by molar-refractivity contribution is 5.94. The van der Waals surface area contributed by atoms with Gasteiger partial charge in [-0.1, -0.05) is 24.3 Å². The molecule has 0 saturated carbocycles. The first-order valence-electron chi connectivity index (χ1n) is 9.76. The van der Waals surface area contributed by atoms with Crippen molar-refractivity contribution in [2.24, 2.45) is 5.73 Å². The highest BCUT2D eigenvalue weighted by atomic mass is 16.2. The number of benzene rings is 1. The van der Waals surface area contributed by atoms with Crippen LogP contribution in [0, 0.1) is 5.41 Å². The average Bonchev–Trinajstić information content (AvgIpc) is 3.32. The van der Waals surface area contributed by atoms with Crippen LogP contribution < -0.4 is 21.7 Å². The van der Waals surface area contributed by atoms with Gasteiger partial charge in [0, 0.05) is 42.9 Å². The van der Waals surface area contributed by atoms with E-state index >= 15 is 0 Å². The van der Waals surface area contributed by atoms with Crippen LogP contribution in [0.15, 0.2) is 67.1 Å². The van der Waals surface area contributed by atoms with E-state index in [9.17, 15) is 9.59 Å². The molecule has 0 aliphatic rings. The van der Waals surface area contributed by atoms with Crippen molar-refractivity contribution in [1.29, 1.82) is 5.41 Å². The molecule has 7 N–H and O–H groups in total. The number of nitrogens with zero attached hydrogens (tertiary/aromatic N) is 1. The Morgan fingerprint density at radius 3 is 2.35 bits per heavy atom. The van der Waals surface area contributed by atoms with Gasteiger partial charge in [-0.3, -0.25) is 25.3 Å². The monoisotopic (exact) mass is 419 g/mol. The zero-order chi connectivity index (χ0) is 22.1. The molecule has 0 fully saturated rings. The molecule has 0 aliphatic heterocycles. The van der Waals surface area contributed by atoms with Gasteiger partial charge < -0.3 is 21.4 Å². The van der Waals surface area contributed by atoms with Gasteiger partial charge in [0.05, 0.1) is 6.54 Å². The van der Waals surface area contributed by atoms with Gasteiger partial charge >= 0.3 is 0 Å². The standard InChI is InChI=1S/C22H25N7O2/c23-21(24)17-5-3-15(4-6-17)13-28-20(18-2-1-9-26-18)22(31)29-14-19(30)27-12-16-7-10-25-11-8-16/h1-11,20,26,28H,12-14H2,(H3,23,24)(H,27,30)(H,29,31). The number of hydrogen-bond donors (Lipinski definition) is 6. The Balaban J connectivity index is 1.54. The van der Waals surface area contributed by atoms with Crippen LogP contribution in [-0.2, 0) is 22.7 Å². The maximum Gasteiger partial charge on any atom is 0.243 e. The number of nitrogens with two attached hydrogens (primary N) is 1. The van der Waals surface area contributed by atoms with Gasteiger partial charge in [-0.05, 0) is 35.4 Å². The van der Waals surface area contributed by atoms with Gasteiger partial charge in [-0.2, -0.15) is 0 Å². The van der Waals surface area contributed by atoms with Crippen molar-refractivity contribution in [3.63, 3.8) is 0 Å². The molecule has 0 saturated heterocycles. The molecule has 0 spiro atoms. The molecule has 0 bridgehead atoms. The number of rotatable bonds is 10. The van der Waals surface area contributed by atoms with E-state index in [1.807, 2.05) is 24.3 Å². The minimum absolute atomic E-state index is 0.00496. The molecule has 31 heavy (non-hydrogen) atoms. The molecular weight excluding hydrogens is 394 g/mol. The molecule has 3 aromatic rings. The summed E-state index contributed by atoms with van der Waals surface area (Å²) in [6.07, 6.45) is 5.05. The number of nitrogens with one attached hydrogen (secondary N) is 5. The zero-order valence-electron chi connectivity index (χ0n) is 16.9. The average molecular weight is 419 g/mol. The number of amidine groups is 1. The predicted molar refractivity (Wildman–Crippen MR) is 117 cm³/mol. The van der Waals surface area contributed by atoms with Gasteiger partial charge in [0.15, 0.2) is 0 Å². The number of carbonyl (C=O) groups excluding carboxylic acids is 2. The van der Waals surface area contributed by atoms with Crippen LogP contribution >= 0.6 is 0 Å². The number of aromatic amines is 1. The molecule has 9 heteroatoms. The molecule has 3 rings (SSSR count). The Morgan fingerprint density at radius 1 is 1.00 bits per heavy atom. The Labute approximate surface area is 180 Å². The number of aromatic nitrogens is 2. The fraction of sp³-hybridized carbons (Fsp3) is 0.182. The van der Waals surface area contributed by atoms with E-state index in [-0.39, 0.29) is 24.2 Å². The number of H-pyrrole nitrogens is 1. The lowest BCUT2D eigenvalue weighted by atomic mass is 10.1. The molecule has 2 amide bonds. The predicted octanol–water partition coefficient (Wildman–Crippen LogP) is 0.957. The normalized spacial score (nSPS) is 11.5. The Kier molecular flexibility index (Phi) is 7.50. The van der Waals surface area contributed by atoms with E-state index < -0.39 is 6.04 Å². The van der Waals surface area contributed by atoms with Gasteiger partial charge in [-0.15, -0.1) is 0 Å². The molecule has 1 atom stereocenters. The van der Waals surface area contributed by atoms with Crippen molar-refractivity contribution in [1.82, 2.24) is 25.9 Å². The largest absolute Gasteiger partial charge is 0.384 e. The maximum atomic E-state index is 12.8. The molecular formula is C22H25N7O2. The van der Waals surface area contributed by atoms with E-state index in [4.69, 9.17) is 11.1 Å². The highest BCUT2D eigenvalue weighted by Crippen LogP contribution is 2.12. The van der Waals surface area contributed by atoms with E-state index in [0.717, 1.165) is 11.1 Å². The summed E-state index contributed by atoms with van der Waals surface area (Å²) in [5, 5.41) is 16.1. The van der Waals surface area contributed by atoms with Crippen LogP contribution in [0.25, 0.3) is 0 Å². The molecule has 0 aliphatic carbocycles. The minimum Gasteiger partial charge on any atom is -0.384 e. The second-order valence-corrected chi connectivity index (χ2v) is 6.90. The van der Waals surface area contributed by atoms with E-state index in [1.54, 1.807) is 42.9 Å². The van der Waals surface area contributed by atoms with Crippen LogP contribution in [0.3, 0.4) is 0 Å². The third kappa shape index (κ3) is 6.51. The molecule has 2 heterocycles. The molecule has 0 radical (unpaired) electrons. The SMILES string of the molecule is N=C(N)c1ccc(CNC(C(=O)NCC(=O)NCc2ccncc2)c2ccc[nH]2)cc1. The van der Waals surface area contributed by atoms with Crippen LogP contribution in [-0.4, -0.2) is 34.2 Å². The highest BCUT2D eigenvalue weighted by Gasteiger charge is 2.21. The number of pyridine rings is 1. The number of amides is 2. The van der Waals surface area contributed by atoms with E-state index in [2.05, 4.69) is 25.9 Å². The second kappa shape index (κ2) is 10.7. The lowest BCUT2D eigenvalue weighted by Gasteiger charge is -2.18. The maximum absolute atomic E-state index is 12.8. The number of nitrogen functional groups attached to an aromatic ring is 1. The Bertz CT molecular complexity index is 1000. The summed E-state index contributed by atoms with van der Waals surface area (Å²) < 4.78 is 0. The van der Waals surface area contributed by atoms with Crippen molar-refractivity contribution < 1.29 is 9.59 Å². The van der Waals surface area contributed by atoms with E-state index in [0.29, 0.717) is 24.3 Å². The summed E-state index contributed by atoms with van der Waals surface area (Å²) in [7, 11) is 0.